The molecule has 0 spiro atoms. The van der Waals surface area contributed by atoms with Crippen LogP contribution in [0, 0.1) is 6.92 Å². The van der Waals surface area contributed by atoms with Gasteiger partial charge < -0.3 is 14.9 Å². The molecule has 10 heteroatoms. The van der Waals surface area contributed by atoms with E-state index in [-0.39, 0.29) is 11.4 Å². The van der Waals surface area contributed by atoms with Gasteiger partial charge in [0.2, 0.25) is 15.9 Å². The quantitative estimate of drug-likeness (QED) is 0.700. The number of nitrogens with one attached hydrogen (secondary N) is 2. The van der Waals surface area contributed by atoms with E-state index < -0.39 is 33.3 Å². The Balaban J connectivity index is 2.07. The van der Waals surface area contributed by atoms with E-state index in [0.717, 1.165) is 12.1 Å². The molecule has 2 rings (SSSR count). The number of aromatic carboxylic acids is 1. The predicted molar refractivity (Wildman–Crippen MR) is 78.5 cm³/mol. The molecule has 1 aromatic heterocycles. The average Bonchev–Trinajstić information content (AvgIpc) is 2.90. The minimum atomic E-state index is -4.15. The first-order valence-corrected chi connectivity index (χ1v) is 7.83. The number of amides is 1. The van der Waals surface area contributed by atoms with Crippen molar-refractivity contribution < 1.29 is 27.6 Å². The number of hydrogen-bond donors (Lipinski definition) is 3. The monoisotopic (exact) mass is 339 g/mol. The van der Waals surface area contributed by atoms with E-state index in [0.29, 0.717) is 5.76 Å². The molecule has 3 N–H and O–H groups in total. The van der Waals surface area contributed by atoms with Crippen LogP contribution in [0.3, 0.4) is 0 Å². The summed E-state index contributed by atoms with van der Waals surface area (Å²) < 4.78 is 31.0. The number of aromatic nitrogens is 1. The van der Waals surface area contributed by atoms with E-state index in [1.165, 1.54) is 18.2 Å². The van der Waals surface area contributed by atoms with Crippen molar-refractivity contribution in [3.63, 3.8) is 0 Å². The van der Waals surface area contributed by atoms with E-state index in [4.69, 9.17) is 9.63 Å². The summed E-state index contributed by atoms with van der Waals surface area (Å²) in [5.41, 5.74) is -0.382. The maximum absolute atomic E-state index is 12.1. The molecule has 23 heavy (non-hydrogen) atoms. The maximum atomic E-state index is 12.1. The van der Waals surface area contributed by atoms with Crippen LogP contribution in [-0.2, 0) is 14.8 Å². The van der Waals surface area contributed by atoms with Gasteiger partial charge in [-0.2, -0.15) is 0 Å². The third-order valence-electron chi connectivity index (χ3n) is 2.73. The van der Waals surface area contributed by atoms with Gasteiger partial charge in [0.15, 0.2) is 5.82 Å². The first-order chi connectivity index (χ1) is 10.8. The summed E-state index contributed by atoms with van der Waals surface area (Å²) in [6.45, 7) is 1.05. The molecule has 0 atom stereocenters. The van der Waals surface area contributed by atoms with Crippen molar-refractivity contribution in [1.29, 1.82) is 0 Å². The topological polar surface area (TPSA) is 139 Å². The van der Waals surface area contributed by atoms with E-state index in [9.17, 15) is 18.0 Å². The minimum absolute atomic E-state index is 0.151. The molecule has 0 aliphatic rings. The van der Waals surface area contributed by atoms with Crippen LogP contribution in [0.15, 0.2) is 39.8 Å². The molecular formula is C13H13N3O6S. The summed E-state index contributed by atoms with van der Waals surface area (Å²) in [7, 11) is -4.15. The smallest absolute Gasteiger partial charge is 0.337 e. The molecule has 2 aromatic rings. The van der Waals surface area contributed by atoms with Crippen molar-refractivity contribution >= 4 is 27.7 Å². The highest BCUT2D eigenvalue weighted by Crippen LogP contribution is 2.15. The number of carbonyl (C=O) groups excluding carboxylic acids is 1. The first-order valence-electron chi connectivity index (χ1n) is 6.35. The number of carbonyl (C=O) groups is 2. The van der Waals surface area contributed by atoms with Crippen molar-refractivity contribution in [3.8, 4) is 0 Å². The number of sulfonamides is 1. The summed E-state index contributed by atoms with van der Waals surface area (Å²) >= 11 is 0. The number of aryl methyl sites for hydroxylation is 1. The van der Waals surface area contributed by atoms with Gasteiger partial charge in [-0.15, -0.1) is 0 Å². The Morgan fingerprint density at radius 3 is 2.61 bits per heavy atom. The highest BCUT2D eigenvalue weighted by atomic mass is 32.2. The molecule has 0 saturated heterocycles. The van der Waals surface area contributed by atoms with Crippen LogP contribution in [0.2, 0.25) is 0 Å². The Labute approximate surface area is 131 Å². The van der Waals surface area contributed by atoms with E-state index in [1.54, 1.807) is 6.92 Å². The summed E-state index contributed by atoms with van der Waals surface area (Å²) in [6.07, 6.45) is 0. The third kappa shape index (κ3) is 4.14. The zero-order valence-electron chi connectivity index (χ0n) is 11.9. The molecule has 0 bridgehead atoms. The van der Waals surface area contributed by atoms with Crippen LogP contribution in [0.4, 0.5) is 5.82 Å². The van der Waals surface area contributed by atoms with Crippen molar-refractivity contribution in [2.24, 2.45) is 0 Å². The van der Waals surface area contributed by atoms with Crippen LogP contribution >= 0.6 is 0 Å². The standard InChI is InChI=1S/C13H13N3O6S/c1-8-6-11(16-22-8)15-12(17)7-14-23(20,21)10-5-3-2-4-9(10)13(18)19/h2-6,14H,7H2,1H3,(H,18,19)(H,15,16,17). The van der Waals surface area contributed by atoms with Gasteiger partial charge >= 0.3 is 5.97 Å². The van der Waals surface area contributed by atoms with Gasteiger partial charge in [-0.3, -0.25) is 4.79 Å². The Morgan fingerprint density at radius 2 is 2.00 bits per heavy atom. The highest BCUT2D eigenvalue weighted by molar-refractivity contribution is 7.89. The van der Waals surface area contributed by atoms with E-state index in [2.05, 4.69) is 10.5 Å². The number of carboxylic acids is 1. The SMILES string of the molecule is Cc1cc(NC(=O)CNS(=O)(=O)c2ccccc2C(=O)O)no1. The lowest BCUT2D eigenvalue weighted by Crippen LogP contribution is -2.33. The van der Waals surface area contributed by atoms with Crippen molar-refractivity contribution in [2.45, 2.75) is 11.8 Å². The largest absolute Gasteiger partial charge is 0.478 e. The fraction of sp³-hybridized carbons (Fsp3) is 0.154. The minimum Gasteiger partial charge on any atom is -0.478 e. The molecule has 9 nitrogen and oxygen atoms in total. The second kappa shape index (κ2) is 6.58. The maximum Gasteiger partial charge on any atom is 0.337 e. The lowest BCUT2D eigenvalue weighted by atomic mass is 10.2. The third-order valence-corrected chi connectivity index (χ3v) is 4.18. The van der Waals surface area contributed by atoms with Gasteiger partial charge in [0.25, 0.3) is 0 Å². The number of anilines is 1. The first kappa shape index (κ1) is 16.6. The van der Waals surface area contributed by atoms with Gasteiger partial charge in [0.05, 0.1) is 17.0 Å². The van der Waals surface area contributed by atoms with Crippen molar-refractivity contribution in [2.75, 3.05) is 11.9 Å². The molecule has 0 radical (unpaired) electrons. The molecule has 0 fully saturated rings. The molecule has 0 aliphatic heterocycles. The van der Waals surface area contributed by atoms with Crippen LogP contribution in [0.1, 0.15) is 16.1 Å². The zero-order valence-corrected chi connectivity index (χ0v) is 12.8. The average molecular weight is 339 g/mol. The van der Waals surface area contributed by atoms with Gasteiger partial charge in [-0.1, -0.05) is 17.3 Å². The second-order valence-corrected chi connectivity index (χ2v) is 6.23. The fourth-order valence-electron chi connectivity index (χ4n) is 1.73. The summed E-state index contributed by atoms with van der Waals surface area (Å²) in [5.74, 6) is -1.42. The summed E-state index contributed by atoms with van der Waals surface area (Å²) in [4.78, 5) is 22.3. The highest BCUT2D eigenvalue weighted by Gasteiger charge is 2.22. The molecule has 1 amide bonds. The molecule has 122 valence electrons. The molecule has 1 heterocycles. The Hall–Kier alpha value is -2.72. The van der Waals surface area contributed by atoms with Gasteiger partial charge in [-0.25, -0.2) is 17.9 Å². The lowest BCUT2D eigenvalue weighted by molar-refractivity contribution is -0.115. The summed E-state index contributed by atoms with van der Waals surface area (Å²) in [6, 6.07) is 6.56. The fourth-order valence-corrected chi connectivity index (χ4v) is 2.91. The molecule has 1 aromatic carbocycles. The number of hydrogen-bond acceptors (Lipinski definition) is 6. The Kier molecular flexibility index (Phi) is 4.77. The van der Waals surface area contributed by atoms with Gasteiger partial charge in [0.1, 0.15) is 5.76 Å². The van der Waals surface area contributed by atoms with Crippen molar-refractivity contribution in [3.05, 3.63) is 41.7 Å². The van der Waals surface area contributed by atoms with Crippen LogP contribution in [0.25, 0.3) is 0 Å². The van der Waals surface area contributed by atoms with Gasteiger partial charge in [0, 0.05) is 6.07 Å². The molecule has 0 unspecified atom stereocenters. The molecule has 0 saturated carbocycles. The zero-order chi connectivity index (χ0) is 17.0. The second-order valence-electron chi connectivity index (χ2n) is 4.50. The molecular weight excluding hydrogens is 326 g/mol. The Morgan fingerprint density at radius 1 is 1.30 bits per heavy atom. The number of rotatable bonds is 6. The van der Waals surface area contributed by atoms with E-state index in [1.807, 2.05) is 4.72 Å². The van der Waals surface area contributed by atoms with Crippen molar-refractivity contribution in [1.82, 2.24) is 9.88 Å². The number of benzene rings is 1. The van der Waals surface area contributed by atoms with Gasteiger partial charge in [-0.05, 0) is 19.1 Å². The number of carboxylic acid groups (broad SMARTS) is 1. The molecule has 0 aliphatic carbocycles. The predicted octanol–water partition coefficient (Wildman–Crippen LogP) is 0.598. The van der Waals surface area contributed by atoms with Crippen LogP contribution < -0.4 is 10.0 Å². The van der Waals surface area contributed by atoms with Crippen LogP contribution in [0.5, 0.6) is 0 Å². The Bertz CT molecular complexity index is 843. The number of nitrogens with zero attached hydrogens (tertiary/aromatic N) is 1. The lowest BCUT2D eigenvalue weighted by Gasteiger charge is -2.08. The van der Waals surface area contributed by atoms with Crippen LogP contribution in [-0.4, -0.2) is 37.1 Å². The normalized spacial score (nSPS) is 11.2. The van der Waals surface area contributed by atoms with E-state index >= 15 is 0 Å². The summed E-state index contributed by atoms with van der Waals surface area (Å²) in [5, 5.41) is 14.9.